The summed E-state index contributed by atoms with van der Waals surface area (Å²) in [6.07, 6.45) is 0. The highest BCUT2D eigenvalue weighted by molar-refractivity contribution is 7.99. The van der Waals surface area contributed by atoms with Crippen LogP contribution in [0.4, 0.5) is 0 Å². The second-order valence-corrected chi connectivity index (χ2v) is 9.79. The summed E-state index contributed by atoms with van der Waals surface area (Å²) in [6.45, 7) is 5.22. The number of amides is 1. The summed E-state index contributed by atoms with van der Waals surface area (Å²) in [7, 11) is 1.63. The third kappa shape index (κ3) is 4.81. The molecule has 28 heavy (non-hydrogen) atoms. The van der Waals surface area contributed by atoms with Crippen molar-refractivity contribution in [3.63, 3.8) is 0 Å². The number of halogens is 2. The molecule has 8 heteroatoms. The van der Waals surface area contributed by atoms with Gasteiger partial charge in [-0.05, 0) is 30.3 Å². The Labute approximate surface area is 182 Å². The molecule has 4 nitrogen and oxygen atoms in total. The van der Waals surface area contributed by atoms with Crippen LogP contribution < -0.4 is 4.80 Å². The first kappa shape index (κ1) is 21.4. The molecule has 0 atom stereocenters. The molecule has 0 spiro atoms. The fraction of sp³-hybridized carbons (Fsp3) is 0.300. The number of hydrogen-bond acceptors (Lipinski definition) is 4. The van der Waals surface area contributed by atoms with Crippen LogP contribution in [-0.4, -0.2) is 29.4 Å². The van der Waals surface area contributed by atoms with E-state index in [4.69, 9.17) is 27.9 Å². The number of hydrogen-bond donors (Lipinski definition) is 0. The van der Waals surface area contributed by atoms with Gasteiger partial charge < -0.3 is 9.30 Å². The van der Waals surface area contributed by atoms with E-state index in [1.165, 1.54) is 11.3 Å². The Morgan fingerprint density at radius 2 is 2.00 bits per heavy atom. The highest BCUT2D eigenvalue weighted by Crippen LogP contribution is 2.32. The van der Waals surface area contributed by atoms with Crippen LogP contribution in [-0.2, 0) is 11.3 Å². The maximum atomic E-state index is 12.8. The molecule has 0 bridgehead atoms. The molecule has 0 radical (unpaired) electrons. The second-order valence-electron chi connectivity index (χ2n) is 6.35. The van der Waals surface area contributed by atoms with Crippen molar-refractivity contribution in [1.82, 2.24) is 4.57 Å². The third-order valence-corrected chi connectivity index (χ3v) is 6.74. The van der Waals surface area contributed by atoms with Crippen LogP contribution in [0.25, 0.3) is 10.2 Å². The normalized spacial score (nSPS) is 12.3. The molecule has 1 aromatic heterocycles. The van der Waals surface area contributed by atoms with Gasteiger partial charge in [0.2, 0.25) is 0 Å². The number of fused-ring (bicyclic) bond motifs is 1. The monoisotopic (exact) mass is 454 g/mol. The average Bonchev–Trinajstić information content (AvgIpc) is 3.02. The van der Waals surface area contributed by atoms with Crippen LogP contribution >= 0.6 is 46.3 Å². The van der Waals surface area contributed by atoms with Crippen LogP contribution in [0.5, 0.6) is 0 Å². The van der Waals surface area contributed by atoms with E-state index in [9.17, 15) is 4.79 Å². The fourth-order valence-corrected chi connectivity index (χ4v) is 5.28. The Kier molecular flexibility index (Phi) is 7.23. The van der Waals surface area contributed by atoms with Gasteiger partial charge in [-0.3, -0.25) is 4.79 Å². The first-order chi connectivity index (χ1) is 13.4. The van der Waals surface area contributed by atoms with E-state index in [0.717, 1.165) is 15.1 Å². The molecule has 0 aliphatic heterocycles. The largest absolute Gasteiger partial charge is 0.383 e. The molecule has 0 N–H and O–H groups in total. The standard InChI is InChI=1S/C20H20Cl2N2O2S2/c1-12(2)27-14-6-4-5-13(11-14)19(25)23-20-24(9-10-26-3)17-15(21)7-8-16(22)18(17)28-20/h4-8,11-12H,9-10H2,1-3H3. The van der Waals surface area contributed by atoms with Crippen molar-refractivity contribution in [2.75, 3.05) is 13.7 Å². The quantitative estimate of drug-likeness (QED) is 0.435. The molecule has 1 amide bonds. The van der Waals surface area contributed by atoms with Crippen molar-refractivity contribution >= 4 is 62.4 Å². The summed E-state index contributed by atoms with van der Waals surface area (Å²) in [5.41, 5.74) is 1.32. The van der Waals surface area contributed by atoms with Gasteiger partial charge in [0.05, 0.1) is 26.9 Å². The first-order valence-electron chi connectivity index (χ1n) is 8.72. The van der Waals surface area contributed by atoms with Gasteiger partial charge in [0.1, 0.15) is 0 Å². The topological polar surface area (TPSA) is 43.6 Å². The number of ether oxygens (including phenoxy) is 1. The molecule has 3 rings (SSSR count). The van der Waals surface area contributed by atoms with Crippen LogP contribution in [0.1, 0.15) is 24.2 Å². The van der Waals surface area contributed by atoms with Gasteiger partial charge in [0.15, 0.2) is 4.80 Å². The lowest BCUT2D eigenvalue weighted by Gasteiger charge is -2.07. The molecule has 0 saturated carbocycles. The number of rotatable bonds is 6. The molecule has 1 heterocycles. The second kappa shape index (κ2) is 9.46. The van der Waals surface area contributed by atoms with Crippen molar-refractivity contribution in [3.8, 4) is 0 Å². The Bertz CT molecular complexity index is 1070. The number of benzene rings is 2. The highest BCUT2D eigenvalue weighted by atomic mass is 35.5. The van der Waals surface area contributed by atoms with E-state index < -0.39 is 0 Å². The smallest absolute Gasteiger partial charge is 0.279 e. The number of nitrogens with zero attached hydrogens (tertiary/aromatic N) is 2. The van der Waals surface area contributed by atoms with Crippen LogP contribution in [0.15, 0.2) is 46.3 Å². The van der Waals surface area contributed by atoms with E-state index in [-0.39, 0.29) is 5.91 Å². The Morgan fingerprint density at radius 3 is 2.71 bits per heavy atom. The maximum Gasteiger partial charge on any atom is 0.279 e. The Morgan fingerprint density at radius 1 is 1.25 bits per heavy atom. The summed E-state index contributed by atoms with van der Waals surface area (Å²) in [5.74, 6) is -0.295. The zero-order chi connectivity index (χ0) is 20.3. The van der Waals surface area contributed by atoms with E-state index in [1.807, 2.05) is 22.8 Å². The lowest BCUT2D eigenvalue weighted by Crippen LogP contribution is -2.19. The number of thioether (sulfide) groups is 1. The summed E-state index contributed by atoms with van der Waals surface area (Å²) in [6, 6.07) is 11.0. The van der Waals surface area contributed by atoms with Gasteiger partial charge >= 0.3 is 0 Å². The molecule has 0 fully saturated rings. The zero-order valence-electron chi connectivity index (χ0n) is 15.7. The fourth-order valence-electron chi connectivity index (χ4n) is 2.71. The molecular weight excluding hydrogens is 435 g/mol. The summed E-state index contributed by atoms with van der Waals surface area (Å²) in [4.78, 5) is 18.8. The summed E-state index contributed by atoms with van der Waals surface area (Å²) >= 11 is 15.8. The Balaban J connectivity index is 2.09. The van der Waals surface area contributed by atoms with Crippen molar-refractivity contribution < 1.29 is 9.53 Å². The van der Waals surface area contributed by atoms with E-state index in [2.05, 4.69) is 18.8 Å². The number of methoxy groups -OCH3 is 1. The van der Waals surface area contributed by atoms with Gasteiger partial charge in [0, 0.05) is 29.4 Å². The number of carbonyl (C=O) groups is 1. The number of thiazole rings is 1. The van der Waals surface area contributed by atoms with Gasteiger partial charge in [-0.25, -0.2) is 0 Å². The van der Waals surface area contributed by atoms with Crippen molar-refractivity contribution in [1.29, 1.82) is 0 Å². The Hall–Kier alpha value is -1.31. The van der Waals surface area contributed by atoms with Gasteiger partial charge in [0.25, 0.3) is 5.91 Å². The molecule has 0 saturated heterocycles. The predicted octanol–water partition coefficient (Wildman–Crippen LogP) is 5.90. The summed E-state index contributed by atoms with van der Waals surface area (Å²) in [5, 5.41) is 1.58. The van der Waals surface area contributed by atoms with Gasteiger partial charge in [-0.2, -0.15) is 4.99 Å². The minimum atomic E-state index is -0.295. The van der Waals surface area contributed by atoms with Crippen molar-refractivity contribution in [2.24, 2.45) is 4.99 Å². The SMILES string of the molecule is COCCn1c(=NC(=O)c2cccc(SC(C)C)c2)sc2c(Cl)ccc(Cl)c21. The first-order valence-corrected chi connectivity index (χ1v) is 11.2. The number of carbonyl (C=O) groups excluding carboxylic acids is 1. The lowest BCUT2D eigenvalue weighted by atomic mass is 10.2. The van der Waals surface area contributed by atoms with Crippen LogP contribution in [0, 0.1) is 0 Å². The van der Waals surface area contributed by atoms with Crippen molar-refractivity contribution in [2.45, 2.75) is 30.5 Å². The van der Waals surface area contributed by atoms with Crippen LogP contribution in [0.3, 0.4) is 0 Å². The van der Waals surface area contributed by atoms with E-state index in [0.29, 0.717) is 38.8 Å². The van der Waals surface area contributed by atoms with Crippen LogP contribution in [0.2, 0.25) is 10.0 Å². The van der Waals surface area contributed by atoms with Gasteiger partial charge in [-0.15, -0.1) is 11.8 Å². The third-order valence-electron chi connectivity index (χ3n) is 3.90. The lowest BCUT2D eigenvalue weighted by molar-refractivity contribution is 0.0997. The average molecular weight is 455 g/mol. The van der Waals surface area contributed by atoms with E-state index in [1.54, 1.807) is 37.1 Å². The molecular formula is C20H20Cl2N2O2S2. The zero-order valence-corrected chi connectivity index (χ0v) is 18.9. The minimum absolute atomic E-state index is 0.295. The molecule has 0 aliphatic rings. The van der Waals surface area contributed by atoms with Crippen molar-refractivity contribution in [3.05, 3.63) is 56.8 Å². The minimum Gasteiger partial charge on any atom is -0.383 e. The molecule has 148 valence electrons. The highest BCUT2D eigenvalue weighted by Gasteiger charge is 2.14. The maximum absolute atomic E-state index is 12.8. The van der Waals surface area contributed by atoms with E-state index >= 15 is 0 Å². The molecule has 0 unspecified atom stereocenters. The summed E-state index contributed by atoms with van der Waals surface area (Å²) < 4.78 is 7.91. The molecule has 0 aliphatic carbocycles. The predicted molar refractivity (Wildman–Crippen MR) is 119 cm³/mol. The molecule has 3 aromatic rings. The van der Waals surface area contributed by atoms with Gasteiger partial charge in [-0.1, -0.05) is 54.5 Å². The molecule has 2 aromatic carbocycles. The number of aromatic nitrogens is 1.